The summed E-state index contributed by atoms with van der Waals surface area (Å²) < 4.78 is 39.5. The van der Waals surface area contributed by atoms with E-state index in [4.69, 9.17) is 18.0 Å². The molecule has 0 saturated heterocycles. The molecule has 2 rings (SSSR count). The maximum Gasteiger partial charge on any atom is 0.416 e. The van der Waals surface area contributed by atoms with E-state index in [1.54, 1.807) is 18.2 Å². The molecule has 0 heterocycles. The lowest BCUT2D eigenvalue weighted by molar-refractivity contribution is -0.137. The molecular formula is C19H20F3N3OS. The number of carbonyl (C=O) groups is 1. The van der Waals surface area contributed by atoms with Crippen molar-refractivity contribution in [2.24, 2.45) is 11.7 Å². The van der Waals surface area contributed by atoms with Crippen LogP contribution in [-0.4, -0.2) is 11.0 Å². The number of hydrogen-bond acceptors (Lipinski definition) is 2. The average molecular weight is 395 g/mol. The van der Waals surface area contributed by atoms with Crippen LogP contribution in [-0.2, 0) is 12.6 Å². The Hall–Kier alpha value is -2.61. The highest BCUT2D eigenvalue weighted by Crippen LogP contribution is 2.32. The molecule has 2 aromatic carbocycles. The molecule has 0 aromatic heterocycles. The summed E-state index contributed by atoms with van der Waals surface area (Å²) in [5, 5.41) is 5.78. The van der Waals surface area contributed by atoms with Crippen LogP contribution in [0.4, 0.5) is 24.5 Å². The van der Waals surface area contributed by atoms with Crippen LogP contribution in [0.3, 0.4) is 0 Å². The monoisotopic (exact) mass is 395 g/mol. The van der Waals surface area contributed by atoms with E-state index >= 15 is 0 Å². The fraction of sp³-hybridized carbons (Fsp3) is 0.263. The third kappa shape index (κ3) is 6.25. The molecule has 0 spiro atoms. The standard InChI is InChI=1S/C19H20F3N3OS/c1-11(2)7-12-8-14(19(20,21)22)10-16(9-12)25-18(27)24-15-5-3-13(4-6-15)17(23)26/h3-6,8-11H,7H2,1-2H3,(H2,23,26)(H2,24,25,27). The smallest absolute Gasteiger partial charge is 0.366 e. The Balaban J connectivity index is 2.16. The van der Waals surface area contributed by atoms with Gasteiger partial charge in [-0.25, -0.2) is 0 Å². The predicted molar refractivity (Wildman–Crippen MR) is 105 cm³/mol. The molecule has 0 aliphatic rings. The average Bonchev–Trinajstić information content (AvgIpc) is 2.53. The van der Waals surface area contributed by atoms with Crippen molar-refractivity contribution in [2.75, 3.05) is 10.6 Å². The van der Waals surface area contributed by atoms with Gasteiger partial charge >= 0.3 is 6.18 Å². The van der Waals surface area contributed by atoms with Gasteiger partial charge in [-0.05, 0) is 72.6 Å². The van der Waals surface area contributed by atoms with E-state index in [2.05, 4.69) is 10.6 Å². The number of carbonyl (C=O) groups excluding carboxylic acids is 1. The molecule has 144 valence electrons. The lowest BCUT2D eigenvalue weighted by atomic mass is 10.00. The molecule has 4 nitrogen and oxygen atoms in total. The zero-order valence-corrected chi connectivity index (χ0v) is 15.7. The van der Waals surface area contributed by atoms with Gasteiger partial charge in [0.1, 0.15) is 0 Å². The third-order valence-electron chi connectivity index (χ3n) is 3.65. The fourth-order valence-electron chi connectivity index (χ4n) is 2.53. The van der Waals surface area contributed by atoms with E-state index in [9.17, 15) is 18.0 Å². The number of primary amides is 1. The minimum absolute atomic E-state index is 0.136. The van der Waals surface area contributed by atoms with Crippen molar-refractivity contribution in [1.29, 1.82) is 0 Å². The van der Waals surface area contributed by atoms with Crippen LogP contribution < -0.4 is 16.4 Å². The lowest BCUT2D eigenvalue weighted by Crippen LogP contribution is -2.20. The van der Waals surface area contributed by atoms with Crippen LogP contribution >= 0.6 is 12.2 Å². The van der Waals surface area contributed by atoms with E-state index in [0.717, 1.165) is 12.1 Å². The first-order valence-corrected chi connectivity index (χ1v) is 8.64. The normalized spacial score (nSPS) is 11.3. The number of nitrogens with one attached hydrogen (secondary N) is 2. The van der Waals surface area contributed by atoms with Crippen LogP contribution in [0.2, 0.25) is 0 Å². The molecule has 1 amide bonds. The van der Waals surface area contributed by atoms with Gasteiger partial charge in [0, 0.05) is 16.9 Å². The topological polar surface area (TPSA) is 67.2 Å². The maximum atomic E-state index is 13.2. The molecule has 0 radical (unpaired) electrons. The van der Waals surface area contributed by atoms with Crippen molar-refractivity contribution in [1.82, 2.24) is 0 Å². The van der Waals surface area contributed by atoms with Crippen molar-refractivity contribution in [2.45, 2.75) is 26.4 Å². The summed E-state index contributed by atoms with van der Waals surface area (Å²) in [7, 11) is 0. The van der Waals surface area contributed by atoms with E-state index in [1.807, 2.05) is 13.8 Å². The highest BCUT2D eigenvalue weighted by molar-refractivity contribution is 7.80. The molecule has 2 aromatic rings. The largest absolute Gasteiger partial charge is 0.416 e. The number of alkyl halides is 3. The van der Waals surface area contributed by atoms with Crippen LogP contribution in [0.5, 0.6) is 0 Å². The molecule has 0 saturated carbocycles. The molecule has 0 aliphatic heterocycles. The van der Waals surface area contributed by atoms with Crippen LogP contribution in [0.25, 0.3) is 0 Å². The quantitative estimate of drug-likeness (QED) is 0.636. The number of rotatable bonds is 5. The van der Waals surface area contributed by atoms with Crippen LogP contribution in [0, 0.1) is 5.92 Å². The Bertz CT molecular complexity index is 833. The Morgan fingerprint density at radius 1 is 1.07 bits per heavy atom. The first-order valence-electron chi connectivity index (χ1n) is 8.23. The Morgan fingerprint density at radius 3 is 2.19 bits per heavy atom. The Kier molecular flexibility index (Phi) is 6.43. The van der Waals surface area contributed by atoms with Crippen LogP contribution in [0.15, 0.2) is 42.5 Å². The van der Waals surface area contributed by atoms with E-state index in [1.165, 1.54) is 12.1 Å². The second-order valence-electron chi connectivity index (χ2n) is 6.54. The summed E-state index contributed by atoms with van der Waals surface area (Å²) in [5.74, 6) is -0.334. The molecule has 0 fully saturated rings. The van der Waals surface area contributed by atoms with Gasteiger partial charge in [-0.2, -0.15) is 13.2 Å². The zero-order valence-electron chi connectivity index (χ0n) is 14.9. The number of benzene rings is 2. The van der Waals surface area contributed by atoms with Gasteiger partial charge in [0.25, 0.3) is 0 Å². The van der Waals surface area contributed by atoms with Crippen molar-refractivity contribution in [3.05, 3.63) is 59.2 Å². The van der Waals surface area contributed by atoms with Gasteiger partial charge in [-0.3, -0.25) is 4.79 Å². The van der Waals surface area contributed by atoms with E-state index in [0.29, 0.717) is 23.2 Å². The van der Waals surface area contributed by atoms with Crippen LogP contribution in [0.1, 0.15) is 35.3 Å². The number of hydrogen-bond donors (Lipinski definition) is 3. The van der Waals surface area contributed by atoms with Gasteiger partial charge in [0.2, 0.25) is 5.91 Å². The molecule has 0 aliphatic carbocycles. The fourth-order valence-corrected chi connectivity index (χ4v) is 2.76. The lowest BCUT2D eigenvalue weighted by Gasteiger charge is -2.16. The van der Waals surface area contributed by atoms with Gasteiger partial charge in [0.05, 0.1) is 5.56 Å². The number of nitrogens with two attached hydrogens (primary N) is 1. The molecule has 0 unspecified atom stereocenters. The van der Waals surface area contributed by atoms with Crippen molar-refractivity contribution < 1.29 is 18.0 Å². The predicted octanol–water partition coefficient (Wildman–Crippen LogP) is 4.81. The summed E-state index contributed by atoms with van der Waals surface area (Å²) in [5.41, 5.74) is 6.21. The van der Waals surface area contributed by atoms with Gasteiger partial charge < -0.3 is 16.4 Å². The number of thiocarbonyl (C=S) groups is 1. The van der Waals surface area contributed by atoms with Gasteiger partial charge in [-0.15, -0.1) is 0 Å². The molecule has 8 heteroatoms. The minimum atomic E-state index is -4.44. The summed E-state index contributed by atoms with van der Waals surface area (Å²) in [6.45, 7) is 3.88. The van der Waals surface area contributed by atoms with Crippen molar-refractivity contribution >= 4 is 34.6 Å². The third-order valence-corrected chi connectivity index (χ3v) is 3.85. The molecule has 4 N–H and O–H groups in total. The Morgan fingerprint density at radius 2 is 1.67 bits per heavy atom. The summed E-state index contributed by atoms with van der Waals surface area (Å²) in [6, 6.07) is 10.1. The Labute approximate surface area is 160 Å². The minimum Gasteiger partial charge on any atom is -0.366 e. The molecule has 27 heavy (non-hydrogen) atoms. The molecule has 0 atom stereocenters. The van der Waals surface area contributed by atoms with Gasteiger partial charge in [0.15, 0.2) is 5.11 Å². The number of anilines is 2. The first-order chi connectivity index (χ1) is 12.5. The van der Waals surface area contributed by atoms with E-state index in [-0.39, 0.29) is 16.7 Å². The van der Waals surface area contributed by atoms with Crippen molar-refractivity contribution in [3.8, 4) is 0 Å². The second kappa shape index (κ2) is 8.39. The van der Waals surface area contributed by atoms with E-state index < -0.39 is 17.6 Å². The molecular weight excluding hydrogens is 375 g/mol. The second-order valence-corrected chi connectivity index (χ2v) is 6.94. The van der Waals surface area contributed by atoms with Crippen molar-refractivity contribution in [3.63, 3.8) is 0 Å². The van der Waals surface area contributed by atoms with Gasteiger partial charge in [-0.1, -0.05) is 13.8 Å². The highest BCUT2D eigenvalue weighted by atomic mass is 32.1. The molecule has 0 bridgehead atoms. The zero-order chi connectivity index (χ0) is 20.2. The summed E-state index contributed by atoms with van der Waals surface area (Å²) >= 11 is 5.18. The highest BCUT2D eigenvalue weighted by Gasteiger charge is 2.31. The first kappa shape index (κ1) is 20.7. The SMILES string of the molecule is CC(C)Cc1cc(NC(=S)Nc2ccc(C(N)=O)cc2)cc(C(F)(F)F)c1. The number of amides is 1. The number of halogens is 3. The summed E-state index contributed by atoms with van der Waals surface area (Å²) in [6.07, 6.45) is -3.92. The maximum absolute atomic E-state index is 13.2. The summed E-state index contributed by atoms with van der Waals surface area (Å²) in [4.78, 5) is 11.1.